The average Bonchev–Trinajstić information content (AvgIpc) is 3.05. The van der Waals surface area contributed by atoms with Gasteiger partial charge >= 0.3 is 0 Å². The van der Waals surface area contributed by atoms with Crippen LogP contribution in [0.25, 0.3) is 0 Å². The Kier molecular flexibility index (Phi) is 6.32. The van der Waals surface area contributed by atoms with Gasteiger partial charge in [0.25, 0.3) is 0 Å². The van der Waals surface area contributed by atoms with Crippen LogP contribution in [0.15, 0.2) is 0 Å². The molecule has 0 heterocycles. The molecule has 0 radical (unpaired) electrons. The third-order valence-corrected chi connectivity index (χ3v) is 3.34. The largest absolute Gasteiger partial charge is 0.382 e. The normalized spacial score (nSPS) is 19.7. The van der Waals surface area contributed by atoms with Crippen molar-refractivity contribution in [2.45, 2.75) is 46.1 Å². The first-order chi connectivity index (χ1) is 7.72. The molecule has 0 aromatic rings. The van der Waals surface area contributed by atoms with E-state index in [0.717, 1.165) is 33.0 Å². The zero-order chi connectivity index (χ0) is 11.9. The molecule has 3 nitrogen and oxygen atoms in total. The van der Waals surface area contributed by atoms with E-state index in [1.54, 1.807) is 0 Å². The summed E-state index contributed by atoms with van der Waals surface area (Å²) < 4.78 is 10.8. The van der Waals surface area contributed by atoms with Crippen molar-refractivity contribution in [3.8, 4) is 0 Å². The topological polar surface area (TPSA) is 30.5 Å². The second-order valence-corrected chi connectivity index (χ2v) is 4.89. The summed E-state index contributed by atoms with van der Waals surface area (Å²) in [4.78, 5) is 0. The Balaban J connectivity index is 2.06. The molecule has 0 bridgehead atoms. The molecule has 1 saturated carbocycles. The van der Waals surface area contributed by atoms with E-state index in [1.807, 2.05) is 6.92 Å². The molecule has 0 aromatic carbocycles. The van der Waals surface area contributed by atoms with E-state index in [4.69, 9.17) is 9.47 Å². The molecule has 0 aromatic heterocycles. The van der Waals surface area contributed by atoms with Gasteiger partial charge in [0.2, 0.25) is 0 Å². The second-order valence-electron chi connectivity index (χ2n) is 4.89. The molecule has 1 aliphatic carbocycles. The maximum Gasteiger partial charge on any atom is 0.0616 e. The Morgan fingerprint density at radius 2 is 1.88 bits per heavy atom. The minimum Gasteiger partial charge on any atom is -0.382 e. The molecule has 3 heteroatoms. The molecule has 1 fully saturated rings. The lowest BCUT2D eigenvalue weighted by Crippen LogP contribution is -2.35. The quantitative estimate of drug-likeness (QED) is 0.583. The maximum atomic E-state index is 5.43. The summed E-state index contributed by atoms with van der Waals surface area (Å²) in [5.41, 5.74) is 0.537. The van der Waals surface area contributed by atoms with Crippen LogP contribution < -0.4 is 5.32 Å². The third kappa shape index (κ3) is 5.28. The van der Waals surface area contributed by atoms with Gasteiger partial charge in [0.15, 0.2) is 0 Å². The van der Waals surface area contributed by atoms with Crippen molar-refractivity contribution in [2.75, 3.05) is 33.0 Å². The molecule has 0 saturated heterocycles. The standard InChI is InChI=1S/C13H27NO2/c1-4-15-9-8-13(6-7-13)11-14-12(3)10-16-5-2/h12,14H,4-11H2,1-3H3. The average molecular weight is 229 g/mol. The lowest BCUT2D eigenvalue weighted by Gasteiger charge is -2.20. The van der Waals surface area contributed by atoms with Crippen molar-refractivity contribution in [2.24, 2.45) is 5.41 Å². The molecule has 1 atom stereocenters. The van der Waals surface area contributed by atoms with Gasteiger partial charge in [0.1, 0.15) is 0 Å². The van der Waals surface area contributed by atoms with Crippen molar-refractivity contribution in [3.63, 3.8) is 0 Å². The summed E-state index contributed by atoms with van der Waals surface area (Å²) in [6.07, 6.45) is 3.91. The van der Waals surface area contributed by atoms with Crippen LogP contribution in [0, 0.1) is 5.41 Å². The summed E-state index contributed by atoms with van der Waals surface area (Å²) in [5.74, 6) is 0. The Morgan fingerprint density at radius 1 is 1.19 bits per heavy atom. The van der Waals surface area contributed by atoms with Crippen molar-refractivity contribution in [1.29, 1.82) is 0 Å². The Morgan fingerprint density at radius 3 is 2.44 bits per heavy atom. The number of rotatable bonds is 10. The smallest absolute Gasteiger partial charge is 0.0616 e. The maximum absolute atomic E-state index is 5.43. The molecule has 16 heavy (non-hydrogen) atoms. The number of nitrogens with one attached hydrogen (secondary N) is 1. The van der Waals surface area contributed by atoms with Gasteiger partial charge in [-0.2, -0.15) is 0 Å². The highest BCUT2D eigenvalue weighted by Crippen LogP contribution is 2.48. The van der Waals surface area contributed by atoms with Crippen LogP contribution in [0.3, 0.4) is 0 Å². The van der Waals surface area contributed by atoms with Crippen LogP contribution in [0.5, 0.6) is 0 Å². The van der Waals surface area contributed by atoms with E-state index in [9.17, 15) is 0 Å². The molecule has 96 valence electrons. The first-order valence-corrected chi connectivity index (χ1v) is 6.61. The predicted molar refractivity (Wildman–Crippen MR) is 66.7 cm³/mol. The zero-order valence-corrected chi connectivity index (χ0v) is 11.1. The van der Waals surface area contributed by atoms with Crippen molar-refractivity contribution >= 4 is 0 Å². The fraction of sp³-hybridized carbons (Fsp3) is 1.00. The van der Waals surface area contributed by atoms with Crippen LogP contribution in [0.1, 0.15) is 40.0 Å². The first-order valence-electron chi connectivity index (χ1n) is 6.61. The van der Waals surface area contributed by atoms with Crippen LogP contribution >= 0.6 is 0 Å². The van der Waals surface area contributed by atoms with Crippen LogP contribution in [0.4, 0.5) is 0 Å². The third-order valence-electron chi connectivity index (χ3n) is 3.34. The van der Waals surface area contributed by atoms with Gasteiger partial charge in [0.05, 0.1) is 6.61 Å². The summed E-state index contributed by atoms with van der Waals surface area (Å²) in [7, 11) is 0. The molecule has 0 aliphatic heterocycles. The lowest BCUT2D eigenvalue weighted by atomic mass is 10.0. The number of hydrogen-bond donors (Lipinski definition) is 1. The van der Waals surface area contributed by atoms with Gasteiger partial charge in [-0.05, 0) is 45.4 Å². The monoisotopic (exact) mass is 229 g/mol. The van der Waals surface area contributed by atoms with E-state index in [1.165, 1.54) is 19.3 Å². The van der Waals surface area contributed by atoms with Gasteiger partial charge in [-0.1, -0.05) is 0 Å². The number of ether oxygens (including phenoxy) is 2. The Bertz CT molecular complexity index is 181. The van der Waals surface area contributed by atoms with Gasteiger partial charge in [-0.15, -0.1) is 0 Å². The molecule has 1 aliphatic rings. The fourth-order valence-corrected chi connectivity index (χ4v) is 1.87. The summed E-state index contributed by atoms with van der Waals surface area (Å²) in [6, 6.07) is 0.463. The van der Waals surface area contributed by atoms with E-state index in [-0.39, 0.29) is 0 Å². The number of hydrogen-bond acceptors (Lipinski definition) is 3. The zero-order valence-electron chi connectivity index (χ0n) is 11.1. The summed E-state index contributed by atoms with van der Waals surface area (Å²) >= 11 is 0. The molecule has 0 spiro atoms. The lowest BCUT2D eigenvalue weighted by molar-refractivity contribution is 0.116. The second kappa shape index (κ2) is 7.25. The highest BCUT2D eigenvalue weighted by molar-refractivity contribution is 4.95. The highest BCUT2D eigenvalue weighted by atomic mass is 16.5. The summed E-state index contributed by atoms with van der Waals surface area (Å²) in [5, 5.41) is 3.57. The van der Waals surface area contributed by atoms with Crippen LogP contribution in [-0.2, 0) is 9.47 Å². The van der Waals surface area contributed by atoms with Crippen LogP contribution in [0.2, 0.25) is 0 Å². The highest BCUT2D eigenvalue weighted by Gasteiger charge is 2.41. The fourth-order valence-electron chi connectivity index (χ4n) is 1.87. The first kappa shape index (κ1) is 13.9. The van der Waals surface area contributed by atoms with Gasteiger partial charge < -0.3 is 14.8 Å². The molecular weight excluding hydrogens is 202 g/mol. The molecule has 1 unspecified atom stereocenters. The molecule has 1 N–H and O–H groups in total. The van der Waals surface area contributed by atoms with E-state index >= 15 is 0 Å². The van der Waals surface area contributed by atoms with Crippen LogP contribution in [-0.4, -0.2) is 39.0 Å². The van der Waals surface area contributed by atoms with Gasteiger partial charge in [-0.25, -0.2) is 0 Å². The van der Waals surface area contributed by atoms with E-state index in [0.29, 0.717) is 11.5 Å². The SMILES string of the molecule is CCOCCC1(CNC(C)COCC)CC1. The predicted octanol–water partition coefficient (Wildman–Crippen LogP) is 2.21. The molecule has 1 rings (SSSR count). The van der Waals surface area contributed by atoms with Crippen molar-refractivity contribution < 1.29 is 9.47 Å². The van der Waals surface area contributed by atoms with Crippen molar-refractivity contribution in [1.82, 2.24) is 5.32 Å². The minimum atomic E-state index is 0.463. The summed E-state index contributed by atoms with van der Waals surface area (Å²) in [6.45, 7) is 10.8. The van der Waals surface area contributed by atoms with E-state index < -0.39 is 0 Å². The van der Waals surface area contributed by atoms with Gasteiger partial charge in [0, 0.05) is 32.4 Å². The van der Waals surface area contributed by atoms with E-state index in [2.05, 4.69) is 19.2 Å². The Labute approximate surface area is 99.9 Å². The van der Waals surface area contributed by atoms with Gasteiger partial charge in [-0.3, -0.25) is 0 Å². The molecular formula is C13H27NO2. The Hall–Kier alpha value is -0.120. The molecule has 0 amide bonds. The minimum absolute atomic E-state index is 0.463. The van der Waals surface area contributed by atoms with Crippen molar-refractivity contribution in [3.05, 3.63) is 0 Å².